The Labute approximate surface area is 178 Å². The third-order valence-corrected chi connectivity index (χ3v) is 7.34. The lowest BCUT2D eigenvalue weighted by molar-refractivity contribution is 0.253. The highest BCUT2D eigenvalue weighted by atomic mass is 79.9. The molecule has 0 unspecified atom stereocenters. The van der Waals surface area contributed by atoms with Crippen molar-refractivity contribution in [2.45, 2.75) is 25.3 Å². The fraction of sp³-hybridized carbons (Fsp3) is 0.136. The Hall–Kier alpha value is -2.64. The summed E-state index contributed by atoms with van der Waals surface area (Å²) in [6.45, 7) is 4.11. The average molecular weight is 471 g/mol. The fourth-order valence-corrected chi connectivity index (χ4v) is 5.19. The van der Waals surface area contributed by atoms with E-state index >= 15 is 0 Å². The molecular formula is C22H19BrN2O3S. The summed E-state index contributed by atoms with van der Waals surface area (Å²) in [5.41, 5.74) is 3.58. The number of halogens is 1. The van der Waals surface area contributed by atoms with Gasteiger partial charge in [0.05, 0.1) is 17.9 Å². The molecule has 0 spiro atoms. The van der Waals surface area contributed by atoms with Crippen LogP contribution in [0.5, 0.6) is 0 Å². The van der Waals surface area contributed by atoms with E-state index in [1.807, 2.05) is 44.2 Å². The van der Waals surface area contributed by atoms with Crippen molar-refractivity contribution < 1.29 is 13.2 Å². The topological polar surface area (TPSA) is 57.7 Å². The first-order chi connectivity index (χ1) is 13.8. The molecule has 3 aromatic rings. The highest BCUT2D eigenvalue weighted by Gasteiger charge is 2.42. The van der Waals surface area contributed by atoms with Crippen molar-refractivity contribution >= 4 is 43.4 Å². The number of sulfonamides is 1. The van der Waals surface area contributed by atoms with Crippen LogP contribution in [-0.4, -0.2) is 14.4 Å². The first-order valence-corrected chi connectivity index (χ1v) is 11.3. The van der Waals surface area contributed by atoms with Crippen molar-refractivity contribution in [1.29, 1.82) is 0 Å². The van der Waals surface area contributed by atoms with Gasteiger partial charge in [0.2, 0.25) is 0 Å². The third-order valence-electron chi connectivity index (χ3n) is 5.06. The van der Waals surface area contributed by atoms with Gasteiger partial charge in [0.1, 0.15) is 4.90 Å². The Kier molecular flexibility index (Phi) is 4.96. The van der Waals surface area contributed by atoms with Crippen molar-refractivity contribution in [1.82, 2.24) is 0 Å². The first-order valence-electron chi connectivity index (χ1n) is 9.06. The van der Waals surface area contributed by atoms with Crippen LogP contribution in [-0.2, 0) is 16.6 Å². The van der Waals surface area contributed by atoms with Gasteiger partial charge < -0.3 is 0 Å². The maximum atomic E-state index is 13.4. The van der Waals surface area contributed by atoms with Crippen molar-refractivity contribution in [2.24, 2.45) is 0 Å². The zero-order valence-electron chi connectivity index (χ0n) is 16.0. The monoisotopic (exact) mass is 470 g/mol. The molecule has 0 bridgehead atoms. The molecule has 1 aliphatic heterocycles. The number of hydrogen-bond acceptors (Lipinski definition) is 3. The Morgan fingerprint density at radius 1 is 0.897 bits per heavy atom. The summed E-state index contributed by atoms with van der Waals surface area (Å²) in [5.74, 6) is 0. The van der Waals surface area contributed by atoms with Crippen molar-refractivity contribution in [3.8, 4) is 0 Å². The standard InChI is InChI=1S/C22H19BrN2O3S/c1-15-7-12-19(13-16(15)2)25-22(26)24(14-17-8-10-18(23)11-9-17)20-5-3-4-6-21(20)29(25,27)28/h3-13H,14H2,1-2H3. The fourth-order valence-electron chi connectivity index (χ4n) is 3.34. The molecule has 0 fully saturated rings. The Morgan fingerprint density at radius 3 is 2.28 bits per heavy atom. The lowest BCUT2D eigenvalue weighted by Crippen LogP contribution is -2.50. The molecule has 0 N–H and O–H groups in total. The lowest BCUT2D eigenvalue weighted by Gasteiger charge is -2.36. The minimum atomic E-state index is -4.01. The Bertz CT molecular complexity index is 1210. The average Bonchev–Trinajstić information content (AvgIpc) is 2.69. The number of fused-ring (bicyclic) bond motifs is 1. The molecule has 4 rings (SSSR count). The second-order valence-corrected chi connectivity index (χ2v) is 9.67. The lowest BCUT2D eigenvalue weighted by atomic mass is 10.1. The van der Waals surface area contributed by atoms with E-state index in [-0.39, 0.29) is 11.4 Å². The Balaban J connectivity index is 1.86. The molecule has 7 heteroatoms. The van der Waals surface area contributed by atoms with E-state index in [0.29, 0.717) is 11.4 Å². The van der Waals surface area contributed by atoms with Crippen LogP contribution < -0.4 is 9.21 Å². The number of rotatable bonds is 3. The zero-order chi connectivity index (χ0) is 20.8. The number of anilines is 2. The third kappa shape index (κ3) is 3.45. The van der Waals surface area contributed by atoms with Crippen molar-refractivity contribution in [2.75, 3.05) is 9.21 Å². The van der Waals surface area contributed by atoms with Gasteiger partial charge in [0.25, 0.3) is 10.0 Å². The van der Waals surface area contributed by atoms with E-state index < -0.39 is 16.1 Å². The molecule has 0 saturated heterocycles. The van der Waals surface area contributed by atoms with Gasteiger partial charge in [-0.15, -0.1) is 0 Å². The smallest absolute Gasteiger partial charge is 0.287 e. The van der Waals surface area contributed by atoms with E-state index in [1.165, 1.54) is 4.90 Å². The van der Waals surface area contributed by atoms with Crippen LogP contribution in [0.2, 0.25) is 0 Å². The second kappa shape index (κ2) is 7.31. The molecule has 2 amide bonds. The van der Waals surface area contributed by atoms with Crippen LogP contribution in [0.4, 0.5) is 16.2 Å². The van der Waals surface area contributed by atoms with Gasteiger partial charge in [0, 0.05) is 4.47 Å². The SMILES string of the molecule is Cc1ccc(N2C(=O)N(Cc3ccc(Br)cc3)c3ccccc3S2(=O)=O)cc1C. The summed E-state index contributed by atoms with van der Waals surface area (Å²) in [5, 5.41) is 0. The van der Waals surface area contributed by atoms with Crippen LogP contribution in [0.1, 0.15) is 16.7 Å². The number of carbonyl (C=O) groups excluding carboxylic acids is 1. The van der Waals surface area contributed by atoms with Gasteiger partial charge >= 0.3 is 6.03 Å². The maximum absolute atomic E-state index is 13.4. The summed E-state index contributed by atoms with van der Waals surface area (Å²) in [6, 6.07) is 18.9. The number of urea groups is 1. The molecule has 5 nitrogen and oxygen atoms in total. The van der Waals surface area contributed by atoms with Gasteiger partial charge in [-0.05, 0) is 66.9 Å². The molecule has 148 valence electrons. The van der Waals surface area contributed by atoms with E-state index in [0.717, 1.165) is 25.5 Å². The van der Waals surface area contributed by atoms with Crippen molar-refractivity contribution in [3.05, 3.63) is 87.9 Å². The van der Waals surface area contributed by atoms with E-state index in [2.05, 4.69) is 15.9 Å². The molecule has 0 radical (unpaired) electrons. The summed E-state index contributed by atoms with van der Waals surface area (Å²) >= 11 is 3.41. The van der Waals surface area contributed by atoms with Crippen LogP contribution in [0.25, 0.3) is 0 Å². The van der Waals surface area contributed by atoms with Crippen LogP contribution in [0.3, 0.4) is 0 Å². The summed E-state index contributed by atoms with van der Waals surface area (Å²) in [4.78, 5) is 15.1. The second-order valence-electron chi connectivity index (χ2n) is 7.00. The predicted molar refractivity (Wildman–Crippen MR) is 118 cm³/mol. The first kappa shape index (κ1) is 19.7. The van der Waals surface area contributed by atoms with Crippen LogP contribution in [0.15, 0.2) is 76.1 Å². The van der Waals surface area contributed by atoms with Gasteiger partial charge in [-0.1, -0.05) is 46.3 Å². The minimum Gasteiger partial charge on any atom is -0.287 e. The number of para-hydroxylation sites is 1. The van der Waals surface area contributed by atoms with Gasteiger partial charge in [-0.25, -0.2) is 13.2 Å². The number of benzene rings is 3. The van der Waals surface area contributed by atoms with Gasteiger partial charge in [0.15, 0.2) is 0 Å². The summed E-state index contributed by atoms with van der Waals surface area (Å²) < 4.78 is 28.5. The highest BCUT2D eigenvalue weighted by Crippen LogP contribution is 2.38. The van der Waals surface area contributed by atoms with Gasteiger partial charge in [-0.2, -0.15) is 4.31 Å². The minimum absolute atomic E-state index is 0.120. The summed E-state index contributed by atoms with van der Waals surface area (Å²) in [6.07, 6.45) is 0. The van der Waals surface area contributed by atoms with E-state index in [1.54, 1.807) is 36.4 Å². The zero-order valence-corrected chi connectivity index (χ0v) is 18.4. The number of amides is 2. The molecule has 0 atom stereocenters. The molecular weight excluding hydrogens is 452 g/mol. The summed E-state index contributed by atoms with van der Waals surface area (Å²) in [7, 11) is -4.01. The van der Waals surface area contributed by atoms with Gasteiger partial charge in [-0.3, -0.25) is 4.90 Å². The normalized spacial score (nSPS) is 15.3. The molecule has 0 aromatic heterocycles. The van der Waals surface area contributed by atoms with Crippen LogP contribution in [0, 0.1) is 13.8 Å². The molecule has 1 heterocycles. The van der Waals surface area contributed by atoms with E-state index in [4.69, 9.17) is 0 Å². The number of aryl methyl sites for hydroxylation is 2. The molecule has 3 aromatic carbocycles. The molecule has 1 aliphatic rings. The molecule has 0 saturated carbocycles. The quantitative estimate of drug-likeness (QED) is 0.514. The number of hydrogen-bond donors (Lipinski definition) is 0. The Morgan fingerprint density at radius 2 is 1.59 bits per heavy atom. The van der Waals surface area contributed by atoms with Crippen LogP contribution >= 0.6 is 15.9 Å². The predicted octanol–water partition coefficient (Wildman–Crippen LogP) is 5.40. The largest absolute Gasteiger partial charge is 0.343 e. The number of nitrogens with zero attached hydrogens (tertiary/aromatic N) is 2. The maximum Gasteiger partial charge on any atom is 0.343 e. The van der Waals surface area contributed by atoms with E-state index in [9.17, 15) is 13.2 Å². The molecule has 29 heavy (non-hydrogen) atoms. The highest BCUT2D eigenvalue weighted by molar-refractivity contribution is 9.10. The molecule has 0 aliphatic carbocycles. The number of carbonyl (C=O) groups is 1. The van der Waals surface area contributed by atoms with Crippen molar-refractivity contribution in [3.63, 3.8) is 0 Å².